The van der Waals surface area contributed by atoms with Crippen molar-refractivity contribution in [1.82, 2.24) is 19.9 Å². The molecule has 1 amide bonds. The topological polar surface area (TPSA) is 51.0 Å². The lowest BCUT2D eigenvalue weighted by atomic mass is 10.3. The van der Waals surface area contributed by atoms with Gasteiger partial charge in [0.15, 0.2) is 5.69 Å². The number of carbonyl (C=O) groups excluding carboxylic acids is 1. The Morgan fingerprint density at radius 1 is 1.26 bits per heavy atom. The molecule has 5 nitrogen and oxygen atoms in total. The fourth-order valence-electron chi connectivity index (χ4n) is 1.75. The Morgan fingerprint density at radius 3 is 2.47 bits per heavy atom. The van der Waals surface area contributed by atoms with E-state index < -0.39 is 0 Å². The normalized spacial score (nSPS) is 10.5. The minimum atomic E-state index is -0.0895. The quantitative estimate of drug-likeness (QED) is 0.869. The first-order valence-corrected chi connectivity index (χ1v) is 6.92. The van der Waals surface area contributed by atoms with E-state index in [1.165, 1.54) is 0 Å². The minimum Gasteiger partial charge on any atom is -0.338 e. The number of hydrogen-bond donors (Lipinski definition) is 0. The van der Waals surface area contributed by atoms with Gasteiger partial charge in [0.2, 0.25) is 0 Å². The van der Waals surface area contributed by atoms with Crippen molar-refractivity contribution in [2.24, 2.45) is 0 Å². The predicted octanol–water partition coefficient (Wildman–Crippen LogP) is 2.51. The van der Waals surface area contributed by atoms with Crippen molar-refractivity contribution in [1.29, 1.82) is 0 Å². The van der Waals surface area contributed by atoms with Crippen LogP contribution < -0.4 is 0 Å². The van der Waals surface area contributed by atoms with E-state index in [1.54, 1.807) is 15.8 Å². The Hall–Kier alpha value is -1.69. The predicted molar refractivity (Wildman–Crippen MR) is 76.3 cm³/mol. The fourth-order valence-corrected chi connectivity index (χ4v) is 2.02. The second kappa shape index (κ2) is 5.97. The molecule has 1 heterocycles. The summed E-state index contributed by atoms with van der Waals surface area (Å²) in [6.45, 7) is 5.22. The van der Waals surface area contributed by atoms with Gasteiger partial charge in [-0.15, -0.1) is 5.10 Å². The molecule has 0 radical (unpaired) electrons. The standard InChI is InChI=1S/C13H15BrN4O/c1-3-17(4-2)13(19)12-9-18(16-15-12)11-7-5-10(14)6-8-11/h5-9H,3-4H2,1-2H3. The van der Waals surface area contributed by atoms with Gasteiger partial charge in [-0.1, -0.05) is 21.1 Å². The van der Waals surface area contributed by atoms with Crippen LogP contribution >= 0.6 is 15.9 Å². The molecule has 0 aliphatic heterocycles. The van der Waals surface area contributed by atoms with Crippen LogP contribution in [0, 0.1) is 0 Å². The highest BCUT2D eigenvalue weighted by atomic mass is 79.9. The molecule has 0 fully saturated rings. The first-order valence-electron chi connectivity index (χ1n) is 6.13. The van der Waals surface area contributed by atoms with Crippen molar-refractivity contribution >= 4 is 21.8 Å². The second-order valence-electron chi connectivity index (χ2n) is 4.00. The summed E-state index contributed by atoms with van der Waals surface area (Å²) in [4.78, 5) is 13.8. The Balaban J connectivity index is 2.23. The molecule has 0 bridgehead atoms. The summed E-state index contributed by atoms with van der Waals surface area (Å²) in [5.74, 6) is -0.0895. The third-order valence-electron chi connectivity index (χ3n) is 2.85. The molecule has 19 heavy (non-hydrogen) atoms. The van der Waals surface area contributed by atoms with Crippen LogP contribution in [0.15, 0.2) is 34.9 Å². The van der Waals surface area contributed by atoms with Crippen molar-refractivity contribution < 1.29 is 4.79 Å². The van der Waals surface area contributed by atoms with E-state index in [4.69, 9.17) is 0 Å². The SMILES string of the molecule is CCN(CC)C(=O)c1cn(-c2ccc(Br)cc2)nn1. The average molecular weight is 323 g/mol. The number of benzene rings is 1. The van der Waals surface area contributed by atoms with Gasteiger partial charge >= 0.3 is 0 Å². The molecule has 0 spiro atoms. The van der Waals surface area contributed by atoms with E-state index in [2.05, 4.69) is 26.2 Å². The highest BCUT2D eigenvalue weighted by molar-refractivity contribution is 9.10. The number of amides is 1. The molecule has 2 rings (SSSR count). The van der Waals surface area contributed by atoms with Crippen molar-refractivity contribution in [3.05, 3.63) is 40.6 Å². The molecule has 0 saturated heterocycles. The van der Waals surface area contributed by atoms with Gasteiger partial charge in [0.25, 0.3) is 5.91 Å². The summed E-state index contributed by atoms with van der Waals surface area (Å²) >= 11 is 3.38. The van der Waals surface area contributed by atoms with Gasteiger partial charge in [-0.25, -0.2) is 4.68 Å². The van der Waals surface area contributed by atoms with Crippen LogP contribution in [0.5, 0.6) is 0 Å². The number of aromatic nitrogens is 3. The lowest BCUT2D eigenvalue weighted by Crippen LogP contribution is -2.30. The zero-order valence-electron chi connectivity index (χ0n) is 10.9. The zero-order chi connectivity index (χ0) is 13.8. The summed E-state index contributed by atoms with van der Waals surface area (Å²) < 4.78 is 2.60. The monoisotopic (exact) mass is 322 g/mol. The van der Waals surface area contributed by atoms with E-state index in [0.29, 0.717) is 18.8 Å². The van der Waals surface area contributed by atoms with E-state index in [9.17, 15) is 4.79 Å². The molecule has 6 heteroatoms. The summed E-state index contributed by atoms with van der Waals surface area (Å²) in [5, 5.41) is 7.93. The largest absolute Gasteiger partial charge is 0.338 e. The third kappa shape index (κ3) is 3.01. The van der Waals surface area contributed by atoms with Crippen molar-refractivity contribution in [3.63, 3.8) is 0 Å². The second-order valence-corrected chi connectivity index (χ2v) is 4.92. The number of hydrogen-bond acceptors (Lipinski definition) is 3. The molecule has 0 N–H and O–H groups in total. The van der Waals surface area contributed by atoms with Crippen LogP contribution in [-0.2, 0) is 0 Å². The molecule has 0 unspecified atom stereocenters. The smallest absolute Gasteiger partial charge is 0.276 e. The van der Waals surface area contributed by atoms with Crippen molar-refractivity contribution in [3.8, 4) is 5.69 Å². The first-order chi connectivity index (χ1) is 9.15. The summed E-state index contributed by atoms with van der Waals surface area (Å²) in [7, 11) is 0. The van der Waals surface area contributed by atoms with Crippen LogP contribution in [0.2, 0.25) is 0 Å². The van der Waals surface area contributed by atoms with Gasteiger partial charge < -0.3 is 4.90 Å². The Bertz CT molecular complexity index is 560. The summed E-state index contributed by atoms with van der Waals surface area (Å²) in [5.41, 5.74) is 1.24. The number of rotatable bonds is 4. The third-order valence-corrected chi connectivity index (χ3v) is 3.38. The van der Waals surface area contributed by atoms with Gasteiger partial charge in [0.05, 0.1) is 11.9 Å². The van der Waals surface area contributed by atoms with Gasteiger partial charge in [-0.05, 0) is 38.1 Å². The molecule has 2 aromatic rings. The van der Waals surface area contributed by atoms with Crippen LogP contribution in [0.1, 0.15) is 24.3 Å². The maximum Gasteiger partial charge on any atom is 0.276 e. The van der Waals surface area contributed by atoms with E-state index in [0.717, 1.165) is 10.2 Å². The minimum absolute atomic E-state index is 0.0895. The van der Waals surface area contributed by atoms with Gasteiger partial charge in [0, 0.05) is 17.6 Å². The zero-order valence-corrected chi connectivity index (χ0v) is 12.5. The molecule has 0 atom stereocenters. The molecule has 1 aromatic heterocycles. The molecule has 0 aliphatic rings. The Kier molecular flexibility index (Phi) is 4.31. The Morgan fingerprint density at radius 2 is 1.89 bits per heavy atom. The molecular weight excluding hydrogens is 308 g/mol. The highest BCUT2D eigenvalue weighted by Gasteiger charge is 2.16. The average Bonchev–Trinajstić information content (AvgIpc) is 2.90. The lowest BCUT2D eigenvalue weighted by Gasteiger charge is -2.16. The van der Waals surface area contributed by atoms with Gasteiger partial charge in [0.1, 0.15) is 0 Å². The van der Waals surface area contributed by atoms with Crippen molar-refractivity contribution in [2.75, 3.05) is 13.1 Å². The van der Waals surface area contributed by atoms with E-state index in [1.807, 2.05) is 38.1 Å². The van der Waals surface area contributed by atoms with Crippen LogP contribution in [0.4, 0.5) is 0 Å². The summed E-state index contributed by atoms with van der Waals surface area (Å²) in [6, 6.07) is 7.65. The molecule has 100 valence electrons. The first kappa shape index (κ1) is 13.7. The number of nitrogens with zero attached hydrogens (tertiary/aromatic N) is 4. The van der Waals surface area contributed by atoms with Gasteiger partial charge in [-0.3, -0.25) is 4.79 Å². The molecule has 0 saturated carbocycles. The van der Waals surface area contributed by atoms with E-state index >= 15 is 0 Å². The van der Waals surface area contributed by atoms with Crippen LogP contribution in [0.3, 0.4) is 0 Å². The van der Waals surface area contributed by atoms with E-state index in [-0.39, 0.29) is 5.91 Å². The summed E-state index contributed by atoms with van der Waals surface area (Å²) in [6.07, 6.45) is 1.66. The maximum atomic E-state index is 12.1. The van der Waals surface area contributed by atoms with Gasteiger partial charge in [-0.2, -0.15) is 0 Å². The number of halogens is 1. The highest BCUT2D eigenvalue weighted by Crippen LogP contribution is 2.13. The van der Waals surface area contributed by atoms with Crippen LogP contribution in [0.25, 0.3) is 5.69 Å². The lowest BCUT2D eigenvalue weighted by molar-refractivity contribution is 0.0767. The van der Waals surface area contributed by atoms with Crippen LogP contribution in [-0.4, -0.2) is 38.9 Å². The number of carbonyl (C=O) groups is 1. The Labute approximate surface area is 120 Å². The molecule has 0 aliphatic carbocycles. The fraction of sp³-hybridized carbons (Fsp3) is 0.308. The molecule has 1 aromatic carbocycles. The molecular formula is C13H15BrN4O. The van der Waals surface area contributed by atoms with Crippen molar-refractivity contribution in [2.45, 2.75) is 13.8 Å². The maximum absolute atomic E-state index is 12.1.